The molecule has 0 atom stereocenters. The van der Waals surface area contributed by atoms with Gasteiger partial charge in [-0.15, -0.1) is 0 Å². The highest BCUT2D eigenvalue weighted by Crippen LogP contribution is 2.25. The van der Waals surface area contributed by atoms with E-state index in [-0.39, 0.29) is 0 Å². The van der Waals surface area contributed by atoms with Crippen LogP contribution in [-0.4, -0.2) is 49.1 Å². The Morgan fingerprint density at radius 1 is 1.15 bits per heavy atom. The van der Waals surface area contributed by atoms with Crippen molar-refractivity contribution >= 4 is 17.5 Å². The zero-order chi connectivity index (χ0) is 18.6. The first-order valence-electron chi connectivity index (χ1n) is 9.75. The summed E-state index contributed by atoms with van der Waals surface area (Å²) in [6, 6.07) is 10.5. The molecule has 27 heavy (non-hydrogen) atoms. The van der Waals surface area contributed by atoms with E-state index in [1.807, 2.05) is 12.3 Å². The summed E-state index contributed by atoms with van der Waals surface area (Å²) in [4.78, 5) is 13.9. The van der Waals surface area contributed by atoms with Crippen molar-refractivity contribution in [2.45, 2.75) is 25.8 Å². The van der Waals surface area contributed by atoms with Crippen molar-refractivity contribution in [1.29, 1.82) is 0 Å². The average molecular weight is 364 g/mol. The van der Waals surface area contributed by atoms with Gasteiger partial charge in [0.15, 0.2) is 5.96 Å². The molecule has 0 unspecified atom stereocenters. The number of piperazine rings is 1. The van der Waals surface area contributed by atoms with Crippen LogP contribution in [0.2, 0.25) is 0 Å². The average Bonchev–Trinajstić information content (AvgIpc) is 3.15. The van der Waals surface area contributed by atoms with E-state index >= 15 is 0 Å². The van der Waals surface area contributed by atoms with Gasteiger partial charge in [0.2, 0.25) is 0 Å². The van der Waals surface area contributed by atoms with Crippen molar-refractivity contribution in [2.24, 2.45) is 10.7 Å². The number of likely N-dealkylation sites (N-methyl/N-ethyl adjacent to an activating group) is 1. The molecule has 4 rings (SSSR count). The first-order chi connectivity index (χ1) is 13.2. The molecule has 2 aromatic rings. The molecule has 2 aliphatic rings. The second-order valence-corrected chi connectivity index (χ2v) is 7.44. The molecule has 3 N–H and O–H groups in total. The van der Waals surface area contributed by atoms with E-state index in [1.54, 1.807) is 0 Å². The van der Waals surface area contributed by atoms with Crippen LogP contribution in [-0.2, 0) is 19.4 Å². The van der Waals surface area contributed by atoms with Crippen LogP contribution in [0.1, 0.15) is 23.1 Å². The van der Waals surface area contributed by atoms with Gasteiger partial charge in [-0.3, -0.25) is 0 Å². The lowest BCUT2D eigenvalue weighted by atomic mass is 10.1. The van der Waals surface area contributed by atoms with E-state index in [0.29, 0.717) is 12.5 Å². The Hall–Kier alpha value is -2.60. The Bertz CT molecular complexity index is 823. The smallest absolute Gasteiger partial charge is 0.193 e. The Labute approximate surface area is 161 Å². The second kappa shape index (κ2) is 7.96. The van der Waals surface area contributed by atoms with Crippen molar-refractivity contribution < 1.29 is 0 Å². The number of rotatable bonds is 4. The van der Waals surface area contributed by atoms with E-state index in [1.165, 1.54) is 24.0 Å². The van der Waals surface area contributed by atoms with Crippen LogP contribution in [0.25, 0.3) is 0 Å². The number of nitrogens with zero attached hydrogens (tertiary/aromatic N) is 4. The number of benzene rings is 1. The van der Waals surface area contributed by atoms with Gasteiger partial charge in [0, 0.05) is 43.6 Å². The molecule has 0 saturated carbocycles. The summed E-state index contributed by atoms with van der Waals surface area (Å²) in [5, 5.41) is 3.23. The minimum Gasteiger partial charge on any atom is -0.370 e. The molecule has 1 fully saturated rings. The van der Waals surface area contributed by atoms with E-state index < -0.39 is 0 Å². The number of guanidine groups is 1. The molecular weight excluding hydrogens is 336 g/mol. The molecule has 6 nitrogen and oxygen atoms in total. The first kappa shape index (κ1) is 17.8. The molecule has 1 saturated heterocycles. The summed E-state index contributed by atoms with van der Waals surface area (Å²) in [6.45, 7) is 4.63. The third kappa shape index (κ3) is 4.22. The lowest BCUT2D eigenvalue weighted by Crippen LogP contribution is -2.45. The molecule has 0 bridgehead atoms. The number of aromatic nitrogens is 1. The number of fused-ring (bicyclic) bond motifs is 1. The van der Waals surface area contributed by atoms with Crippen molar-refractivity contribution in [1.82, 2.24) is 9.88 Å². The number of aryl methyl sites for hydroxylation is 2. The quantitative estimate of drug-likeness (QED) is 0.643. The summed E-state index contributed by atoms with van der Waals surface area (Å²) in [7, 11) is 2.16. The van der Waals surface area contributed by atoms with Crippen LogP contribution in [0, 0.1) is 0 Å². The van der Waals surface area contributed by atoms with Crippen LogP contribution in [0.4, 0.5) is 11.5 Å². The van der Waals surface area contributed by atoms with Gasteiger partial charge >= 0.3 is 0 Å². The van der Waals surface area contributed by atoms with Crippen LogP contribution in [0.3, 0.4) is 0 Å². The van der Waals surface area contributed by atoms with Crippen molar-refractivity contribution in [3.63, 3.8) is 0 Å². The highest BCUT2D eigenvalue weighted by Gasteiger charge is 2.17. The van der Waals surface area contributed by atoms with Crippen LogP contribution in [0.15, 0.2) is 41.5 Å². The summed E-state index contributed by atoms with van der Waals surface area (Å²) in [5.41, 5.74) is 11.2. The highest BCUT2D eigenvalue weighted by molar-refractivity contribution is 5.92. The van der Waals surface area contributed by atoms with Crippen molar-refractivity contribution in [2.75, 3.05) is 43.4 Å². The Kier molecular flexibility index (Phi) is 5.25. The van der Waals surface area contributed by atoms with Gasteiger partial charge < -0.3 is 20.9 Å². The monoisotopic (exact) mass is 364 g/mol. The number of pyridine rings is 1. The van der Waals surface area contributed by atoms with Crippen LogP contribution in [0.5, 0.6) is 0 Å². The molecule has 0 radical (unpaired) electrons. The summed E-state index contributed by atoms with van der Waals surface area (Å²) in [6.07, 6.45) is 5.45. The molecule has 1 aliphatic heterocycles. The predicted molar refractivity (Wildman–Crippen MR) is 111 cm³/mol. The molecule has 6 heteroatoms. The maximum Gasteiger partial charge on any atom is 0.193 e. The summed E-state index contributed by atoms with van der Waals surface area (Å²) in [5.74, 6) is 1.47. The van der Waals surface area contributed by atoms with Crippen molar-refractivity contribution in [3.8, 4) is 0 Å². The predicted octanol–water partition coefficient (Wildman–Crippen LogP) is 2.25. The van der Waals surface area contributed by atoms with E-state index in [0.717, 1.165) is 49.7 Å². The molecule has 1 aromatic carbocycles. The van der Waals surface area contributed by atoms with Gasteiger partial charge in [-0.2, -0.15) is 0 Å². The Morgan fingerprint density at radius 2 is 1.96 bits per heavy atom. The van der Waals surface area contributed by atoms with Gasteiger partial charge in [-0.1, -0.05) is 12.1 Å². The fourth-order valence-electron chi connectivity index (χ4n) is 3.86. The maximum atomic E-state index is 6.14. The SMILES string of the molecule is CN1CCN(c2ncccc2CN=C(N)Nc2ccc3c(c2)CCC3)CC1. The molecule has 142 valence electrons. The number of hydrogen-bond acceptors (Lipinski definition) is 4. The highest BCUT2D eigenvalue weighted by atomic mass is 15.3. The normalized spacial score (nSPS) is 17.8. The Balaban J connectivity index is 1.43. The van der Waals surface area contributed by atoms with Gasteiger partial charge in [-0.25, -0.2) is 9.98 Å². The van der Waals surface area contributed by atoms with E-state index in [9.17, 15) is 0 Å². The standard InChI is InChI=1S/C21H28N6/c1-26-10-12-27(13-11-26)20-18(6-3-9-23-20)15-24-21(22)25-19-8-7-16-4-2-5-17(16)14-19/h3,6-9,14H,2,4-5,10-13,15H2,1H3,(H3,22,24,25). The largest absolute Gasteiger partial charge is 0.370 e. The zero-order valence-corrected chi connectivity index (χ0v) is 16.0. The molecule has 1 aliphatic carbocycles. The molecule has 2 heterocycles. The van der Waals surface area contributed by atoms with Gasteiger partial charge in [-0.05, 0) is 55.6 Å². The van der Waals surface area contributed by atoms with E-state index in [4.69, 9.17) is 5.73 Å². The number of aliphatic imine (C=N–C) groups is 1. The van der Waals surface area contributed by atoms with Crippen LogP contribution >= 0.6 is 0 Å². The number of nitrogens with one attached hydrogen (secondary N) is 1. The minimum atomic E-state index is 0.445. The fourth-order valence-corrected chi connectivity index (χ4v) is 3.86. The maximum absolute atomic E-state index is 6.14. The van der Waals surface area contributed by atoms with Crippen molar-refractivity contribution in [3.05, 3.63) is 53.2 Å². The number of nitrogens with two attached hydrogens (primary N) is 1. The topological polar surface area (TPSA) is 69.8 Å². The number of hydrogen-bond donors (Lipinski definition) is 2. The summed E-state index contributed by atoms with van der Waals surface area (Å²) < 4.78 is 0. The van der Waals surface area contributed by atoms with Gasteiger partial charge in [0.1, 0.15) is 5.82 Å². The number of anilines is 2. The third-order valence-corrected chi connectivity index (χ3v) is 5.46. The second-order valence-electron chi connectivity index (χ2n) is 7.44. The molecular formula is C21H28N6. The lowest BCUT2D eigenvalue weighted by Gasteiger charge is -2.34. The van der Waals surface area contributed by atoms with Gasteiger partial charge in [0.05, 0.1) is 6.54 Å². The lowest BCUT2D eigenvalue weighted by molar-refractivity contribution is 0.312. The zero-order valence-electron chi connectivity index (χ0n) is 16.0. The molecule has 1 aromatic heterocycles. The third-order valence-electron chi connectivity index (χ3n) is 5.46. The molecule has 0 spiro atoms. The Morgan fingerprint density at radius 3 is 2.81 bits per heavy atom. The van der Waals surface area contributed by atoms with E-state index in [2.05, 4.69) is 56.4 Å². The molecule has 0 amide bonds. The van der Waals surface area contributed by atoms with Crippen LogP contribution < -0.4 is 16.0 Å². The van der Waals surface area contributed by atoms with Gasteiger partial charge in [0.25, 0.3) is 0 Å². The minimum absolute atomic E-state index is 0.445. The fraction of sp³-hybridized carbons (Fsp3) is 0.429. The summed E-state index contributed by atoms with van der Waals surface area (Å²) >= 11 is 0. The first-order valence-corrected chi connectivity index (χ1v) is 9.75.